The molecule has 1 aliphatic heterocycles. The number of tetrazole rings is 1. The maximum Gasteiger partial charge on any atom is 0.215 e. The summed E-state index contributed by atoms with van der Waals surface area (Å²) in [6.45, 7) is 4.83. The zero-order chi connectivity index (χ0) is 16.4. The van der Waals surface area contributed by atoms with Crippen LogP contribution < -0.4 is 4.90 Å². The van der Waals surface area contributed by atoms with Crippen molar-refractivity contribution in [2.75, 3.05) is 13.1 Å². The van der Waals surface area contributed by atoms with Gasteiger partial charge in [0.05, 0.1) is 24.0 Å². The van der Waals surface area contributed by atoms with Gasteiger partial charge in [-0.3, -0.25) is 0 Å². The van der Waals surface area contributed by atoms with Gasteiger partial charge in [0.1, 0.15) is 0 Å². The number of hydrogen-bond donors (Lipinski definition) is 1. The van der Waals surface area contributed by atoms with E-state index in [4.69, 9.17) is 0 Å². The van der Waals surface area contributed by atoms with E-state index >= 15 is 0 Å². The lowest BCUT2D eigenvalue weighted by atomic mass is 9.95. The molecule has 0 radical (unpaired) electrons. The van der Waals surface area contributed by atoms with Crippen molar-refractivity contribution in [3.63, 3.8) is 0 Å². The van der Waals surface area contributed by atoms with Crippen LogP contribution in [0.1, 0.15) is 74.7 Å². The summed E-state index contributed by atoms with van der Waals surface area (Å²) in [6, 6.07) is 5.22. The average molecular weight is 347 g/mol. The first-order valence-corrected chi connectivity index (χ1v) is 10.4. The number of rotatable bonds is 4. The summed E-state index contributed by atoms with van der Waals surface area (Å²) in [5.41, 5.74) is 0. The summed E-state index contributed by atoms with van der Waals surface area (Å²) >= 11 is 1.85. The molecule has 0 aromatic carbocycles. The predicted molar refractivity (Wildman–Crippen MR) is 95.2 cm³/mol. The predicted octanol–water partition coefficient (Wildman–Crippen LogP) is 2.64. The highest BCUT2D eigenvalue weighted by atomic mass is 32.1. The lowest BCUT2D eigenvalue weighted by Crippen LogP contribution is -3.14. The summed E-state index contributed by atoms with van der Waals surface area (Å²) in [5, 5.41) is 15.2. The Morgan fingerprint density at radius 2 is 2.08 bits per heavy atom. The van der Waals surface area contributed by atoms with Crippen LogP contribution in [0.2, 0.25) is 0 Å². The molecule has 4 rings (SSSR count). The molecule has 2 fully saturated rings. The highest BCUT2D eigenvalue weighted by molar-refractivity contribution is 7.10. The van der Waals surface area contributed by atoms with Gasteiger partial charge in [0.15, 0.2) is 6.04 Å². The van der Waals surface area contributed by atoms with Crippen LogP contribution in [-0.2, 0) is 0 Å². The molecule has 1 saturated carbocycles. The van der Waals surface area contributed by atoms with E-state index in [1.54, 1.807) is 4.90 Å². The number of nitrogens with one attached hydrogen (secondary N) is 1. The quantitative estimate of drug-likeness (QED) is 0.926. The SMILES string of the molecule is C[C@H]1CCC[NH+]([C@@H](c2cccs2)c2nnnn2C2CCCCC2)C1. The molecule has 0 amide bonds. The molecule has 0 bridgehead atoms. The third-order valence-corrected chi connectivity index (χ3v) is 6.68. The molecular weight excluding hydrogens is 318 g/mol. The fraction of sp³-hybridized carbons (Fsp3) is 0.722. The molecular formula is C18H28N5S+. The van der Waals surface area contributed by atoms with Crippen molar-refractivity contribution >= 4 is 11.3 Å². The van der Waals surface area contributed by atoms with Gasteiger partial charge in [0, 0.05) is 5.92 Å². The Balaban J connectivity index is 1.68. The second kappa shape index (κ2) is 7.31. The maximum absolute atomic E-state index is 4.54. The van der Waals surface area contributed by atoms with Gasteiger partial charge in [0.2, 0.25) is 5.82 Å². The normalized spacial score (nSPS) is 27.2. The Labute approximate surface area is 148 Å². The second-order valence-corrected chi connectivity index (χ2v) is 8.56. The smallest absolute Gasteiger partial charge is 0.215 e. The van der Waals surface area contributed by atoms with Crippen LogP contribution in [0.25, 0.3) is 0 Å². The minimum absolute atomic E-state index is 0.296. The molecule has 3 heterocycles. The Bertz CT molecular complexity index is 632. The van der Waals surface area contributed by atoms with E-state index in [2.05, 4.69) is 44.6 Å². The van der Waals surface area contributed by atoms with Crippen molar-refractivity contribution in [3.8, 4) is 0 Å². The van der Waals surface area contributed by atoms with Crippen LogP contribution in [0.3, 0.4) is 0 Å². The highest BCUT2D eigenvalue weighted by Crippen LogP contribution is 2.31. The highest BCUT2D eigenvalue weighted by Gasteiger charge is 2.36. The first-order chi connectivity index (χ1) is 11.8. The molecule has 2 aromatic rings. The first kappa shape index (κ1) is 16.2. The van der Waals surface area contributed by atoms with E-state index < -0.39 is 0 Å². The number of thiophene rings is 1. The Hall–Kier alpha value is -1.27. The lowest BCUT2D eigenvalue weighted by Gasteiger charge is -2.34. The van der Waals surface area contributed by atoms with Gasteiger partial charge >= 0.3 is 0 Å². The molecule has 1 N–H and O–H groups in total. The number of nitrogens with zero attached hydrogens (tertiary/aromatic N) is 4. The van der Waals surface area contributed by atoms with Crippen LogP contribution in [0.15, 0.2) is 17.5 Å². The monoisotopic (exact) mass is 346 g/mol. The molecule has 2 aromatic heterocycles. The van der Waals surface area contributed by atoms with Gasteiger partial charge in [-0.05, 0) is 47.6 Å². The number of aromatic nitrogens is 4. The zero-order valence-corrected chi connectivity index (χ0v) is 15.3. The largest absolute Gasteiger partial charge is 0.321 e. The number of quaternary nitrogens is 1. The van der Waals surface area contributed by atoms with Gasteiger partial charge in [-0.1, -0.05) is 32.3 Å². The lowest BCUT2D eigenvalue weighted by molar-refractivity contribution is -0.934. The van der Waals surface area contributed by atoms with E-state index in [-0.39, 0.29) is 0 Å². The molecule has 3 atom stereocenters. The van der Waals surface area contributed by atoms with Gasteiger partial charge in [-0.15, -0.1) is 16.4 Å². The van der Waals surface area contributed by atoms with Crippen LogP contribution in [-0.4, -0.2) is 33.3 Å². The molecule has 2 aliphatic rings. The topological polar surface area (TPSA) is 48.0 Å². The van der Waals surface area contributed by atoms with E-state index in [1.807, 2.05) is 11.3 Å². The van der Waals surface area contributed by atoms with E-state index in [1.165, 1.54) is 62.9 Å². The fourth-order valence-corrected chi connectivity index (χ4v) is 5.41. The Kier molecular flexibility index (Phi) is 4.94. The molecule has 1 aliphatic carbocycles. The Morgan fingerprint density at radius 1 is 1.21 bits per heavy atom. The van der Waals surface area contributed by atoms with Gasteiger partial charge in [0.25, 0.3) is 0 Å². The molecule has 1 unspecified atom stereocenters. The minimum Gasteiger partial charge on any atom is -0.321 e. The molecule has 0 spiro atoms. The van der Waals surface area contributed by atoms with Crippen molar-refractivity contribution in [1.29, 1.82) is 0 Å². The van der Waals surface area contributed by atoms with Crippen molar-refractivity contribution < 1.29 is 4.90 Å². The standard InChI is InChI=1S/C18H27N5S/c1-14-7-5-11-22(13-14)17(16-10-6-12-24-16)18-19-20-21-23(18)15-8-3-2-4-9-15/h6,10,12,14-15,17H,2-5,7-9,11,13H2,1H3/p+1/t14-,17-/m0/s1. The summed E-state index contributed by atoms with van der Waals surface area (Å²) in [7, 11) is 0. The van der Waals surface area contributed by atoms with Crippen molar-refractivity contribution in [2.45, 2.75) is 64.0 Å². The molecule has 24 heavy (non-hydrogen) atoms. The summed E-state index contributed by atoms with van der Waals surface area (Å²) in [4.78, 5) is 3.05. The average Bonchev–Trinajstić information content (AvgIpc) is 3.29. The second-order valence-electron chi connectivity index (χ2n) is 7.58. The Morgan fingerprint density at radius 3 is 2.83 bits per heavy atom. The van der Waals surface area contributed by atoms with E-state index in [9.17, 15) is 0 Å². The molecule has 5 nitrogen and oxygen atoms in total. The van der Waals surface area contributed by atoms with Crippen molar-refractivity contribution in [3.05, 3.63) is 28.2 Å². The van der Waals surface area contributed by atoms with E-state index in [0.717, 1.165) is 11.7 Å². The molecule has 6 heteroatoms. The van der Waals surface area contributed by atoms with Gasteiger partial charge in [-0.25, -0.2) is 4.68 Å². The minimum atomic E-state index is 0.296. The number of likely N-dealkylation sites (tertiary alicyclic amines) is 1. The molecule has 1 saturated heterocycles. The number of piperidine rings is 1. The summed E-state index contributed by atoms with van der Waals surface area (Å²) in [6.07, 6.45) is 9.08. The zero-order valence-electron chi connectivity index (χ0n) is 14.5. The fourth-order valence-electron chi connectivity index (χ4n) is 4.53. The van der Waals surface area contributed by atoms with Crippen LogP contribution in [0, 0.1) is 5.92 Å². The summed E-state index contributed by atoms with van der Waals surface area (Å²) < 4.78 is 2.18. The van der Waals surface area contributed by atoms with Crippen molar-refractivity contribution in [1.82, 2.24) is 20.2 Å². The third-order valence-electron chi connectivity index (χ3n) is 5.74. The van der Waals surface area contributed by atoms with E-state index in [0.29, 0.717) is 12.1 Å². The maximum atomic E-state index is 4.54. The molecule has 130 valence electrons. The van der Waals surface area contributed by atoms with Crippen LogP contribution in [0.4, 0.5) is 0 Å². The van der Waals surface area contributed by atoms with Crippen LogP contribution >= 0.6 is 11.3 Å². The number of hydrogen-bond acceptors (Lipinski definition) is 4. The van der Waals surface area contributed by atoms with Gasteiger partial charge < -0.3 is 4.90 Å². The van der Waals surface area contributed by atoms with Crippen molar-refractivity contribution in [2.24, 2.45) is 5.92 Å². The summed E-state index contributed by atoms with van der Waals surface area (Å²) in [5.74, 6) is 1.88. The first-order valence-electron chi connectivity index (χ1n) is 9.48. The van der Waals surface area contributed by atoms with Crippen LogP contribution in [0.5, 0.6) is 0 Å². The third kappa shape index (κ3) is 3.26. The van der Waals surface area contributed by atoms with Gasteiger partial charge in [-0.2, -0.15) is 0 Å².